The number of nitrogens with zero attached hydrogens (tertiary/aromatic N) is 2. The van der Waals surface area contributed by atoms with E-state index in [1.807, 2.05) is 0 Å². The number of fused-ring (bicyclic) bond motifs is 1. The van der Waals surface area contributed by atoms with Gasteiger partial charge in [-0.25, -0.2) is 13.1 Å². The largest absolute Gasteiger partial charge is 0.243 e. The maximum atomic E-state index is 12.1. The van der Waals surface area contributed by atoms with E-state index in [1.54, 1.807) is 24.3 Å². The van der Waals surface area contributed by atoms with E-state index in [0.29, 0.717) is 17.3 Å². The van der Waals surface area contributed by atoms with Crippen LogP contribution < -0.4 is 4.72 Å². The zero-order valence-electron chi connectivity index (χ0n) is 9.21. The fraction of sp³-hybridized carbons (Fsp3) is 0.200. The summed E-state index contributed by atoms with van der Waals surface area (Å²) in [4.78, 5) is 0.146. The van der Waals surface area contributed by atoms with Gasteiger partial charge in [0.05, 0.1) is 11.4 Å². The number of sulfonamides is 1. The first-order valence-electron chi connectivity index (χ1n) is 5.07. The Morgan fingerprint density at radius 1 is 1.33 bits per heavy atom. The third-order valence-electron chi connectivity index (χ3n) is 2.19. The van der Waals surface area contributed by atoms with Gasteiger partial charge in [-0.1, -0.05) is 18.2 Å². The Morgan fingerprint density at radius 2 is 2.17 bits per heavy atom. The molecule has 5 nitrogen and oxygen atoms in total. The van der Waals surface area contributed by atoms with Crippen molar-refractivity contribution in [2.75, 3.05) is 12.4 Å². The Bertz CT molecular complexity index is 649. The Labute approximate surface area is 114 Å². The highest BCUT2D eigenvalue weighted by Gasteiger charge is 2.21. The minimum Gasteiger partial charge on any atom is -0.207 e. The first kappa shape index (κ1) is 13.4. The maximum absolute atomic E-state index is 12.1. The second-order valence-corrected chi connectivity index (χ2v) is 5.94. The van der Waals surface area contributed by atoms with Crippen LogP contribution in [0.25, 0.3) is 0 Å². The van der Waals surface area contributed by atoms with Crippen molar-refractivity contribution in [3.63, 3.8) is 0 Å². The van der Waals surface area contributed by atoms with E-state index >= 15 is 0 Å². The molecule has 1 aliphatic rings. The molecule has 0 amide bonds. The van der Waals surface area contributed by atoms with Gasteiger partial charge in [-0.05, 0) is 12.1 Å². The van der Waals surface area contributed by atoms with Gasteiger partial charge in [-0.2, -0.15) is 8.73 Å². The normalized spacial score (nSPS) is 13.8. The molecule has 1 aliphatic heterocycles. The molecule has 8 heteroatoms. The molecule has 0 unspecified atom stereocenters. The Hall–Kier alpha value is -1.02. The Kier molecular flexibility index (Phi) is 4.28. The van der Waals surface area contributed by atoms with Crippen LogP contribution in [0.15, 0.2) is 44.0 Å². The lowest BCUT2D eigenvalue weighted by atomic mass is 10.3. The number of allylic oxidation sites excluding steroid dienone is 1. The van der Waals surface area contributed by atoms with E-state index in [9.17, 15) is 8.42 Å². The number of nitrogens with one attached hydrogen (secondary N) is 1. The van der Waals surface area contributed by atoms with Gasteiger partial charge in [0, 0.05) is 12.4 Å². The van der Waals surface area contributed by atoms with Crippen molar-refractivity contribution >= 4 is 44.4 Å². The lowest BCUT2D eigenvalue weighted by Crippen LogP contribution is -2.23. The van der Waals surface area contributed by atoms with Crippen LogP contribution >= 0.6 is 11.6 Å². The minimum atomic E-state index is -3.58. The van der Waals surface area contributed by atoms with E-state index in [-0.39, 0.29) is 11.4 Å². The number of halogens is 1. The number of rotatable bonds is 5. The molecule has 0 saturated carbocycles. The fourth-order valence-electron chi connectivity index (χ4n) is 1.38. The van der Waals surface area contributed by atoms with Gasteiger partial charge in [-0.15, -0.1) is 11.6 Å². The van der Waals surface area contributed by atoms with Gasteiger partial charge in [-0.3, -0.25) is 0 Å². The average molecular weight is 304 g/mol. The standard InChI is InChI=1S/C10H10ClN3O2S2/c11-6-1-2-7-12-18(15,16)9-5-3-4-8-10(9)14-17-13-8/h1-5,12H,6-7H2/b2-1+. The average Bonchev–Trinajstić information content (AvgIpc) is 2.82. The highest BCUT2D eigenvalue weighted by atomic mass is 35.5. The molecule has 0 bridgehead atoms. The summed E-state index contributed by atoms with van der Waals surface area (Å²) in [5, 5.41) is 0. The number of hydrogen-bond acceptors (Lipinski definition) is 4. The van der Waals surface area contributed by atoms with Gasteiger partial charge in [0.25, 0.3) is 0 Å². The summed E-state index contributed by atoms with van der Waals surface area (Å²) in [6, 6.07) is 4.88. The summed E-state index contributed by atoms with van der Waals surface area (Å²) in [7, 11) is -3.58. The summed E-state index contributed by atoms with van der Waals surface area (Å²) in [6.45, 7) is 0.197. The second-order valence-electron chi connectivity index (χ2n) is 3.37. The van der Waals surface area contributed by atoms with Crippen LogP contribution in [0.5, 0.6) is 0 Å². The molecular formula is C10H10ClN3O2S2. The van der Waals surface area contributed by atoms with Crippen molar-refractivity contribution in [2.24, 2.45) is 8.73 Å². The lowest BCUT2D eigenvalue weighted by Gasteiger charge is -2.06. The maximum Gasteiger partial charge on any atom is 0.243 e. The first-order valence-corrected chi connectivity index (χ1v) is 7.82. The molecule has 2 rings (SSSR count). The van der Waals surface area contributed by atoms with E-state index in [0.717, 1.165) is 11.4 Å². The summed E-state index contributed by atoms with van der Waals surface area (Å²) in [5.41, 5.74) is 0.982. The zero-order valence-corrected chi connectivity index (χ0v) is 11.6. The Balaban J connectivity index is 2.24. The van der Waals surface area contributed by atoms with Gasteiger partial charge >= 0.3 is 0 Å². The van der Waals surface area contributed by atoms with Crippen LogP contribution in [0.4, 0.5) is 11.4 Å². The van der Waals surface area contributed by atoms with Crippen LogP contribution in [-0.2, 0) is 21.4 Å². The van der Waals surface area contributed by atoms with Gasteiger partial charge < -0.3 is 0 Å². The van der Waals surface area contributed by atoms with Crippen LogP contribution in [0.3, 0.4) is 0 Å². The molecular weight excluding hydrogens is 294 g/mol. The molecule has 1 N–H and O–H groups in total. The minimum absolute atomic E-state index is 0.146. The smallest absolute Gasteiger partial charge is 0.207 e. The summed E-state index contributed by atoms with van der Waals surface area (Å²) >= 11 is 6.44. The quantitative estimate of drug-likeness (QED) is 0.681. The van der Waals surface area contributed by atoms with Crippen molar-refractivity contribution in [2.45, 2.75) is 4.90 Å². The molecule has 18 heavy (non-hydrogen) atoms. The molecule has 1 heterocycles. The first-order chi connectivity index (χ1) is 8.65. The highest BCUT2D eigenvalue weighted by Crippen LogP contribution is 2.37. The van der Waals surface area contributed by atoms with Gasteiger partial charge in [0.2, 0.25) is 10.0 Å². The van der Waals surface area contributed by atoms with Crippen molar-refractivity contribution in [1.29, 1.82) is 0 Å². The molecule has 0 spiro atoms. The van der Waals surface area contributed by atoms with Crippen molar-refractivity contribution < 1.29 is 8.42 Å². The predicted molar refractivity (Wildman–Crippen MR) is 73.0 cm³/mol. The fourth-order valence-corrected chi connectivity index (χ4v) is 3.25. The van der Waals surface area contributed by atoms with Crippen LogP contribution in [0.1, 0.15) is 0 Å². The van der Waals surface area contributed by atoms with E-state index in [4.69, 9.17) is 11.6 Å². The lowest BCUT2D eigenvalue weighted by molar-refractivity contribution is 0.586. The molecule has 0 aromatic heterocycles. The monoisotopic (exact) mass is 303 g/mol. The Morgan fingerprint density at radius 3 is 2.94 bits per heavy atom. The van der Waals surface area contributed by atoms with E-state index in [2.05, 4.69) is 13.4 Å². The van der Waals surface area contributed by atoms with Crippen molar-refractivity contribution in [1.82, 2.24) is 4.72 Å². The van der Waals surface area contributed by atoms with Crippen LogP contribution in [-0.4, -0.2) is 20.8 Å². The SMILES string of the molecule is O=S(=O)(NC/C=C/CCl)c1cccc2c1N=S=N2. The topological polar surface area (TPSA) is 70.9 Å². The van der Waals surface area contributed by atoms with Gasteiger partial charge in [0.1, 0.15) is 16.3 Å². The molecule has 0 fully saturated rings. The number of hydrogen-bond donors (Lipinski definition) is 1. The highest BCUT2D eigenvalue weighted by molar-refractivity contribution is 7.89. The summed E-state index contributed by atoms with van der Waals surface area (Å²) in [5.74, 6) is 0.354. The van der Waals surface area contributed by atoms with Crippen molar-refractivity contribution in [3.05, 3.63) is 30.4 Å². The molecule has 1 aromatic carbocycles. The second kappa shape index (κ2) is 5.75. The van der Waals surface area contributed by atoms with Gasteiger partial charge in [0.15, 0.2) is 0 Å². The van der Waals surface area contributed by atoms with E-state index < -0.39 is 10.0 Å². The predicted octanol–water partition coefficient (Wildman–Crippen LogP) is 2.49. The van der Waals surface area contributed by atoms with E-state index in [1.165, 1.54) is 6.07 Å². The third kappa shape index (κ3) is 2.86. The number of benzene rings is 1. The zero-order chi connectivity index (χ0) is 13.0. The number of alkyl halides is 1. The molecule has 0 saturated heterocycles. The third-order valence-corrected chi connectivity index (χ3v) is 4.36. The molecule has 1 aromatic rings. The van der Waals surface area contributed by atoms with Crippen LogP contribution in [0, 0.1) is 0 Å². The molecule has 0 aliphatic carbocycles. The van der Waals surface area contributed by atoms with Crippen molar-refractivity contribution in [3.8, 4) is 0 Å². The molecule has 96 valence electrons. The summed E-state index contributed by atoms with van der Waals surface area (Å²) < 4.78 is 34.6. The molecule has 0 radical (unpaired) electrons. The molecule has 0 atom stereocenters. The summed E-state index contributed by atoms with van der Waals surface area (Å²) in [6.07, 6.45) is 3.33. The van der Waals surface area contributed by atoms with Crippen LogP contribution in [0.2, 0.25) is 0 Å².